The van der Waals surface area contributed by atoms with Gasteiger partial charge in [-0.1, -0.05) is 0 Å². The van der Waals surface area contributed by atoms with E-state index in [0.29, 0.717) is 0 Å². The van der Waals surface area contributed by atoms with E-state index < -0.39 is 0 Å². The van der Waals surface area contributed by atoms with Crippen molar-refractivity contribution in [2.75, 3.05) is 0 Å². The van der Waals surface area contributed by atoms with Crippen molar-refractivity contribution < 1.29 is 18.9 Å². The number of hydrogen-bond acceptors (Lipinski definition) is 2. The summed E-state index contributed by atoms with van der Waals surface area (Å²) < 4.78 is 0. The average Bonchev–Trinajstić information content (AvgIpc) is 1.37. The molecule has 22 valence electrons. The maximum atomic E-state index is 4.07. The second-order valence-corrected chi connectivity index (χ2v) is 0.432. The Morgan fingerprint density at radius 3 is 2.00 bits per heavy atom. The molecule has 5 heavy (non-hydrogen) atoms. The molecule has 0 unspecified atom stereocenters. The Labute approximate surface area is 48.7 Å². The zero-order valence-electron chi connectivity index (χ0n) is 3.06. The number of nitrogens with zero attached hydrogens (tertiary/aromatic N) is 1. The molecule has 0 aromatic rings. The van der Waals surface area contributed by atoms with Crippen LogP contribution in [0.5, 0.6) is 0 Å². The fraction of sp³-hybridized carbons (Fsp3) is 0. The molecule has 0 saturated heterocycles. The Morgan fingerprint density at radius 2 is 2.00 bits per heavy atom. The molecule has 0 radical (unpaired) electrons. The monoisotopic (exact) mass is 79.0 g/mol. The van der Waals surface area contributed by atoms with Crippen molar-refractivity contribution >= 4 is 17.4 Å². The number of isothiocyanates is 1. The van der Waals surface area contributed by atoms with Gasteiger partial charge < -0.3 is 4.99 Å². The smallest absolute Gasteiger partial charge is 0.415 e. The minimum atomic E-state index is 0. The molecule has 0 heterocycles. The van der Waals surface area contributed by atoms with E-state index in [1.165, 1.54) is 0 Å². The quantitative estimate of drug-likeness (QED) is 0.140. The molecular formula is C2H2LiNS. The Hall–Kier alpha value is 0.267. The Bertz CT molecular complexity index is 47.6. The molecule has 0 spiro atoms. The summed E-state index contributed by atoms with van der Waals surface area (Å²) in [4.78, 5) is 3.05. The summed E-state index contributed by atoms with van der Waals surface area (Å²) in [5, 5.41) is 2.03. The number of hydrogen-bond donors (Lipinski definition) is 0. The van der Waals surface area contributed by atoms with E-state index in [1.54, 1.807) is 0 Å². The van der Waals surface area contributed by atoms with Crippen LogP contribution in [-0.4, -0.2) is 5.16 Å². The third kappa shape index (κ3) is 13.7. The normalized spacial score (nSPS) is 3.20. The number of aliphatic imine (C=N–C) groups is 1. The first kappa shape index (κ1) is 8.99. The molecule has 1 nitrogen and oxygen atoms in total. The van der Waals surface area contributed by atoms with Gasteiger partial charge in [0.05, 0.1) is 0 Å². The molecule has 0 atom stereocenters. The third-order valence-electron chi connectivity index (χ3n) is 0.0645. The van der Waals surface area contributed by atoms with E-state index >= 15 is 0 Å². The minimum absolute atomic E-state index is 0. The Balaban J connectivity index is 0. The van der Waals surface area contributed by atoms with Gasteiger partial charge in [0.1, 0.15) is 0 Å². The van der Waals surface area contributed by atoms with Gasteiger partial charge >= 0.3 is 18.9 Å². The van der Waals surface area contributed by atoms with Gasteiger partial charge in [-0.15, -0.1) is 12.2 Å². The standard InChI is InChI=1S/C2H2NS.Li/c1-3-2-4;/h1H2;/q-1;+1. The van der Waals surface area contributed by atoms with Crippen LogP contribution in [0.1, 0.15) is 0 Å². The van der Waals surface area contributed by atoms with Gasteiger partial charge in [-0.05, 0) is 0 Å². The second-order valence-electron chi connectivity index (χ2n) is 0.249. The van der Waals surface area contributed by atoms with Crippen molar-refractivity contribution in [2.24, 2.45) is 4.99 Å². The fourth-order valence-corrected chi connectivity index (χ4v) is 0. The first-order valence-electron chi connectivity index (χ1n) is 0.744. The van der Waals surface area contributed by atoms with Crippen LogP contribution in [0.15, 0.2) is 4.99 Å². The summed E-state index contributed by atoms with van der Waals surface area (Å²) >= 11 is 4.07. The predicted molar refractivity (Wildman–Crippen MR) is 20.4 cm³/mol. The molecular weight excluding hydrogens is 77.0 g/mol. The van der Waals surface area contributed by atoms with E-state index in [2.05, 4.69) is 24.3 Å². The molecule has 0 fully saturated rings. The first-order valence-corrected chi connectivity index (χ1v) is 1.15. The molecule has 0 aromatic heterocycles. The Morgan fingerprint density at radius 1 is 1.80 bits per heavy atom. The van der Waals surface area contributed by atoms with Gasteiger partial charge in [0.2, 0.25) is 0 Å². The van der Waals surface area contributed by atoms with Crippen molar-refractivity contribution in [1.82, 2.24) is 0 Å². The molecule has 0 aliphatic heterocycles. The van der Waals surface area contributed by atoms with Crippen molar-refractivity contribution in [3.05, 3.63) is 7.05 Å². The van der Waals surface area contributed by atoms with E-state index in [0.717, 1.165) is 0 Å². The fourth-order valence-electron chi connectivity index (χ4n) is 0. The average molecular weight is 79.1 g/mol. The molecule has 0 aliphatic rings. The zero-order chi connectivity index (χ0) is 3.41. The predicted octanol–water partition coefficient (Wildman–Crippen LogP) is -2.12. The summed E-state index contributed by atoms with van der Waals surface area (Å²) in [6.45, 7) is 0. The van der Waals surface area contributed by atoms with E-state index in [9.17, 15) is 0 Å². The van der Waals surface area contributed by atoms with Gasteiger partial charge in [-0.25, -0.2) is 0 Å². The van der Waals surface area contributed by atoms with Crippen LogP contribution >= 0.6 is 12.2 Å². The molecule has 0 rings (SSSR count). The summed E-state index contributed by atoms with van der Waals surface area (Å²) in [6.07, 6.45) is 0. The van der Waals surface area contributed by atoms with Crippen LogP contribution in [0.2, 0.25) is 0 Å². The van der Waals surface area contributed by atoms with Crippen LogP contribution in [0.4, 0.5) is 0 Å². The molecule has 0 bridgehead atoms. The van der Waals surface area contributed by atoms with Crippen molar-refractivity contribution in [2.45, 2.75) is 0 Å². The van der Waals surface area contributed by atoms with E-state index in [1.807, 2.05) is 5.16 Å². The number of rotatable bonds is 0. The van der Waals surface area contributed by atoms with Gasteiger partial charge in [0, 0.05) is 0 Å². The van der Waals surface area contributed by atoms with E-state index in [-0.39, 0.29) is 18.9 Å². The van der Waals surface area contributed by atoms with Crippen molar-refractivity contribution in [3.8, 4) is 0 Å². The first-order chi connectivity index (χ1) is 1.91. The molecule has 0 amide bonds. The van der Waals surface area contributed by atoms with Gasteiger partial charge in [0.25, 0.3) is 0 Å². The third-order valence-corrected chi connectivity index (χ3v) is 0.194. The topological polar surface area (TPSA) is 12.4 Å². The maximum Gasteiger partial charge on any atom is 1.00 e. The number of thiocarbonyl (C=S) groups is 1. The van der Waals surface area contributed by atoms with Crippen LogP contribution < -0.4 is 18.9 Å². The van der Waals surface area contributed by atoms with Crippen molar-refractivity contribution in [1.29, 1.82) is 0 Å². The SMILES string of the molecule is [CH2-]N=C=S.[Li+]. The summed E-state index contributed by atoms with van der Waals surface area (Å²) in [6, 6.07) is 0. The van der Waals surface area contributed by atoms with Crippen LogP contribution in [-0.2, 0) is 0 Å². The second kappa shape index (κ2) is 8.86. The maximum absolute atomic E-state index is 4.07. The summed E-state index contributed by atoms with van der Waals surface area (Å²) in [5.41, 5.74) is 0. The van der Waals surface area contributed by atoms with Crippen LogP contribution in [0, 0.1) is 7.05 Å². The van der Waals surface area contributed by atoms with E-state index in [4.69, 9.17) is 0 Å². The summed E-state index contributed by atoms with van der Waals surface area (Å²) in [5.74, 6) is 0. The van der Waals surface area contributed by atoms with Crippen molar-refractivity contribution in [3.63, 3.8) is 0 Å². The Kier molecular flexibility index (Phi) is 15.9. The summed E-state index contributed by atoms with van der Waals surface area (Å²) in [7, 11) is 3.01. The zero-order valence-corrected chi connectivity index (χ0v) is 3.88. The van der Waals surface area contributed by atoms with Gasteiger partial charge in [-0.2, -0.15) is 12.2 Å². The minimum Gasteiger partial charge on any atom is -0.415 e. The van der Waals surface area contributed by atoms with Gasteiger partial charge in [-0.3, -0.25) is 0 Å². The molecule has 0 N–H and O–H groups in total. The molecule has 0 aromatic carbocycles. The molecule has 3 heteroatoms. The molecule has 0 saturated carbocycles. The molecule has 0 aliphatic carbocycles. The van der Waals surface area contributed by atoms with Gasteiger partial charge in [0.15, 0.2) is 0 Å². The van der Waals surface area contributed by atoms with Crippen LogP contribution in [0.25, 0.3) is 0 Å². The largest absolute Gasteiger partial charge is 1.00 e. The van der Waals surface area contributed by atoms with Crippen LogP contribution in [0.3, 0.4) is 0 Å².